The maximum atomic E-state index is 15.7. The molecule has 4 aromatic rings. The minimum atomic E-state index is -1.38. The molecule has 4 aliphatic heterocycles. The summed E-state index contributed by atoms with van der Waals surface area (Å²) in [5.74, 6) is -1.47. The van der Waals surface area contributed by atoms with Crippen LogP contribution < -0.4 is 30.1 Å². The highest BCUT2D eigenvalue weighted by Gasteiger charge is 2.33. The van der Waals surface area contributed by atoms with Gasteiger partial charge in [-0.3, -0.25) is 20.4 Å². The van der Waals surface area contributed by atoms with Crippen molar-refractivity contribution < 1.29 is 28.2 Å². The number of anilines is 2. The van der Waals surface area contributed by atoms with E-state index in [0.717, 1.165) is 6.07 Å². The molecule has 2 saturated heterocycles. The van der Waals surface area contributed by atoms with Crippen LogP contribution in [0.5, 0.6) is 11.5 Å². The first-order valence-corrected chi connectivity index (χ1v) is 17.3. The zero-order valence-electron chi connectivity index (χ0n) is 28.7. The molecule has 2 fully saturated rings. The molecule has 0 unspecified atom stereocenters. The van der Waals surface area contributed by atoms with Crippen molar-refractivity contribution in [2.45, 2.75) is 32.4 Å². The lowest BCUT2D eigenvalue weighted by Crippen LogP contribution is -2.52. The number of aromatic nitrogens is 2. The fourth-order valence-corrected chi connectivity index (χ4v) is 7.89. The fraction of sp³-hybridized carbons (Fsp3) is 0.417. The molecule has 0 radical (unpaired) electrons. The van der Waals surface area contributed by atoms with Crippen LogP contribution in [0.15, 0.2) is 40.2 Å². The van der Waals surface area contributed by atoms with Gasteiger partial charge in [0.15, 0.2) is 28.6 Å². The van der Waals surface area contributed by atoms with Crippen molar-refractivity contribution in [1.82, 2.24) is 18.9 Å². The highest BCUT2D eigenvalue weighted by molar-refractivity contribution is 6.00. The van der Waals surface area contributed by atoms with Crippen LogP contribution in [0.2, 0.25) is 0 Å². The summed E-state index contributed by atoms with van der Waals surface area (Å²) >= 11 is 0. The summed E-state index contributed by atoms with van der Waals surface area (Å²) in [6, 6.07) is 3.55. The Labute approximate surface area is 296 Å². The molecule has 2 aromatic heterocycles. The van der Waals surface area contributed by atoms with Gasteiger partial charge in [-0.15, -0.1) is 0 Å². The van der Waals surface area contributed by atoms with E-state index in [9.17, 15) is 19.5 Å². The van der Waals surface area contributed by atoms with E-state index in [1.807, 2.05) is 38.0 Å². The van der Waals surface area contributed by atoms with E-state index in [-0.39, 0.29) is 64.4 Å². The van der Waals surface area contributed by atoms with E-state index in [0.29, 0.717) is 81.4 Å². The maximum absolute atomic E-state index is 15.7. The van der Waals surface area contributed by atoms with Crippen molar-refractivity contribution in [3.63, 3.8) is 0 Å². The van der Waals surface area contributed by atoms with E-state index in [1.54, 1.807) is 10.8 Å². The van der Waals surface area contributed by atoms with Gasteiger partial charge in [0, 0.05) is 70.8 Å². The van der Waals surface area contributed by atoms with Crippen LogP contribution in [0.25, 0.3) is 21.8 Å². The normalized spacial score (nSPS) is 19.8. The SMILES string of the molecule is C[C@@H]1COc2c(N3CCN(C(=N)CC(=N)N4CCN(c5c(F)cc6c(=O)c(C(=O)O)cn7c6c5OC[C@@H]7C)CC4)CC3)c(F)cc3c(=O)ccn1c23. The number of hydrogen-bond acceptors (Lipinski definition) is 9. The van der Waals surface area contributed by atoms with Crippen LogP contribution in [-0.4, -0.2) is 107 Å². The Morgan fingerprint density at radius 2 is 1.27 bits per heavy atom. The molecule has 0 bridgehead atoms. The molecule has 2 atom stereocenters. The van der Waals surface area contributed by atoms with Crippen LogP contribution in [0, 0.1) is 22.5 Å². The number of pyridine rings is 2. The summed E-state index contributed by atoms with van der Waals surface area (Å²) in [7, 11) is 0. The lowest BCUT2D eigenvalue weighted by atomic mass is 10.1. The van der Waals surface area contributed by atoms with Gasteiger partial charge in [-0.05, 0) is 26.0 Å². The number of carbonyl (C=O) groups is 1. The van der Waals surface area contributed by atoms with Gasteiger partial charge in [-0.1, -0.05) is 0 Å². The highest BCUT2D eigenvalue weighted by Crippen LogP contribution is 2.43. The van der Waals surface area contributed by atoms with Crippen molar-refractivity contribution in [2.24, 2.45) is 0 Å². The second-order valence-corrected chi connectivity index (χ2v) is 13.9. The smallest absolute Gasteiger partial charge is 0.341 e. The molecule has 3 N–H and O–H groups in total. The van der Waals surface area contributed by atoms with Crippen molar-refractivity contribution in [2.75, 3.05) is 75.4 Å². The van der Waals surface area contributed by atoms with Gasteiger partial charge in [0.2, 0.25) is 5.43 Å². The average molecular weight is 717 g/mol. The molecule has 16 heteroatoms. The van der Waals surface area contributed by atoms with Gasteiger partial charge in [0.1, 0.15) is 41.8 Å². The molecule has 0 saturated carbocycles. The van der Waals surface area contributed by atoms with Crippen molar-refractivity contribution in [3.8, 4) is 11.5 Å². The van der Waals surface area contributed by atoms with Crippen LogP contribution in [-0.2, 0) is 0 Å². The summed E-state index contributed by atoms with van der Waals surface area (Å²) in [6.07, 6.45) is 3.12. The van der Waals surface area contributed by atoms with E-state index in [2.05, 4.69) is 0 Å². The quantitative estimate of drug-likeness (QED) is 0.206. The number of nitrogens with one attached hydrogen (secondary N) is 2. The molecule has 272 valence electrons. The van der Waals surface area contributed by atoms with E-state index >= 15 is 8.78 Å². The first kappa shape index (κ1) is 33.5. The molecule has 0 aliphatic carbocycles. The summed E-state index contributed by atoms with van der Waals surface area (Å²) in [5, 5.41) is 27.4. The van der Waals surface area contributed by atoms with Crippen molar-refractivity contribution in [3.05, 3.63) is 68.2 Å². The Hall–Kier alpha value is -5.67. The maximum Gasteiger partial charge on any atom is 0.341 e. The van der Waals surface area contributed by atoms with Gasteiger partial charge in [-0.2, -0.15) is 0 Å². The molecular weight excluding hydrogens is 678 g/mol. The standard InChI is InChI=1S/C36H38F2N8O6/c1-19-17-51-34-29-21(26(47)3-4-45(19)29)13-24(37)31(34)43-9-5-41(6-10-43)27(39)15-28(40)42-7-11-44(12-8-42)32-25(38)14-22-30-35(32)52-18-20(2)46(30)16-23(33(22)48)36(49)50/h3-4,13-14,16,19-20,39-40H,5-12,15,17-18H2,1-2H3,(H,49,50)/t19-,20+/m1/s1. The monoisotopic (exact) mass is 716 g/mol. The number of hydrogen-bond donors (Lipinski definition) is 3. The molecule has 6 heterocycles. The van der Waals surface area contributed by atoms with Gasteiger partial charge in [0.25, 0.3) is 0 Å². The number of carboxylic acid groups (broad SMARTS) is 1. The predicted molar refractivity (Wildman–Crippen MR) is 191 cm³/mol. The fourth-order valence-electron chi connectivity index (χ4n) is 7.89. The van der Waals surface area contributed by atoms with Crippen LogP contribution >= 0.6 is 0 Å². The predicted octanol–water partition coefficient (Wildman–Crippen LogP) is 3.49. The molecule has 2 aromatic carbocycles. The number of halogens is 2. The van der Waals surface area contributed by atoms with Crippen LogP contribution in [0.1, 0.15) is 42.7 Å². The van der Waals surface area contributed by atoms with Gasteiger partial charge in [0.05, 0.1) is 40.3 Å². The molecule has 52 heavy (non-hydrogen) atoms. The van der Waals surface area contributed by atoms with Gasteiger partial charge < -0.3 is 43.3 Å². The second kappa shape index (κ2) is 12.5. The molecule has 14 nitrogen and oxygen atoms in total. The third-order valence-corrected chi connectivity index (χ3v) is 10.7. The van der Waals surface area contributed by atoms with Crippen molar-refractivity contribution >= 4 is 50.8 Å². The number of nitrogens with zero attached hydrogens (tertiary/aromatic N) is 6. The number of rotatable bonds is 5. The topological polar surface area (TPSA) is 160 Å². The van der Waals surface area contributed by atoms with E-state index in [4.69, 9.17) is 20.3 Å². The molecular formula is C36H38F2N8O6. The number of amidine groups is 2. The molecule has 0 amide bonds. The summed E-state index contributed by atoms with van der Waals surface area (Å²) in [6.45, 7) is 7.57. The largest absolute Gasteiger partial charge is 0.487 e. The lowest BCUT2D eigenvalue weighted by molar-refractivity contribution is 0.0694. The van der Waals surface area contributed by atoms with E-state index in [1.165, 1.54) is 18.3 Å². The third kappa shape index (κ3) is 5.30. The Morgan fingerprint density at radius 1 is 0.788 bits per heavy atom. The van der Waals surface area contributed by atoms with Gasteiger partial charge >= 0.3 is 5.97 Å². The molecule has 4 aliphatic rings. The number of aromatic carboxylic acids is 1. The van der Waals surface area contributed by atoms with Crippen LogP contribution in [0.4, 0.5) is 20.2 Å². The summed E-state index contributed by atoms with van der Waals surface area (Å²) in [5.41, 5.74) is 0.0138. The second-order valence-electron chi connectivity index (χ2n) is 13.9. The molecule has 0 spiro atoms. The first-order valence-electron chi connectivity index (χ1n) is 17.3. The Kier molecular flexibility index (Phi) is 8.06. The summed E-state index contributed by atoms with van der Waals surface area (Å²) < 4.78 is 46.9. The number of carboxylic acids is 1. The third-order valence-electron chi connectivity index (χ3n) is 10.7. The Balaban J connectivity index is 0.926. The lowest BCUT2D eigenvalue weighted by Gasteiger charge is -2.41. The molecule has 8 rings (SSSR count). The Morgan fingerprint density at radius 3 is 1.79 bits per heavy atom. The number of piperazine rings is 2. The zero-order chi connectivity index (χ0) is 36.6. The van der Waals surface area contributed by atoms with Crippen LogP contribution in [0.3, 0.4) is 0 Å². The van der Waals surface area contributed by atoms with E-state index < -0.39 is 28.6 Å². The minimum absolute atomic E-state index is 0.00840. The Bertz CT molecular complexity index is 2310. The zero-order valence-corrected chi connectivity index (χ0v) is 28.7. The van der Waals surface area contributed by atoms with Gasteiger partial charge in [-0.25, -0.2) is 13.6 Å². The minimum Gasteiger partial charge on any atom is -0.487 e. The average Bonchev–Trinajstić information content (AvgIpc) is 3.12. The summed E-state index contributed by atoms with van der Waals surface area (Å²) in [4.78, 5) is 44.7. The van der Waals surface area contributed by atoms with Crippen molar-refractivity contribution in [1.29, 1.82) is 10.8 Å². The number of ether oxygens (including phenoxy) is 2. The first-order chi connectivity index (χ1) is 24.9. The number of benzene rings is 2. The highest BCUT2D eigenvalue weighted by atomic mass is 19.1.